The van der Waals surface area contributed by atoms with Crippen LogP contribution in [-0.2, 0) is 12.1 Å². The number of pyridine rings is 1. The number of aliphatic hydroxyl groups is 1. The predicted molar refractivity (Wildman–Crippen MR) is 113 cm³/mol. The lowest BCUT2D eigenvalue weighted by Crippen LogP contribution is -2.57. The molecule has 2 atom stereocenters. The van der Waals surface area contributed by atoms with E-state index in [1.54, 1.807) is 24.7 Å². The van der Waals surface area contributed by atoms with Crippen LogP contribution in [0.5, 0.6) is 11.8 Å². The Balaban J connectivity index is 1.31. The summed E-state index contributed by atoms with van der Waals surface area (Å²) in [4.78, 5) is 15.0. The molecule has 6 heteroatoms. The summed E-state index contributed by atoms with van der Waals surface area (Å²) < 4.78 is 5.79. The molecule has 2 bridgehead atoms. The molecular weight excluding hydrogens is 376 g/mol. The summed E-state index contributed by atoms with van der Waals surface area (Å²) in [6.45, 7) is 2.60. The van der Waals surface area contributed by atoms with Gasteiger partial charge in [-0.25, -0.2) is 9.97 Å². The first-order chi connectivity index (χ1) is 14.7. The topological polar surface area (TPSA) is 71.4 Å². The Hall–Kier alpha value is -2.83. The average molecular weight is 402 g/mol. The van der Waals surface area contributed by atoms with E-state index in [0.717, 1.165) is 43.8 Å². The Morgan fingerprint density at radius 1 is 1.00 bits per heavy atom. The number of ether oxygens (including phenoxy) is 1. The summed E-state index contributed by atoms with van der Waals surface area (Å²) in [6.07, 6.45) is 10.2. The summed E-state index contributed by atoms with van der Waals surface area (Å²) in [5, 5.41) is 11.7. The SMILES string of the molecule is OC1(c2cccnc2)[C@H]2CCC[C@H]1CN(Cc1cccc(Oc3ncccn3)c1)C2. The quantitative estimate of drug-likeness (QED) is 0.700. The van der Waals surface area contributed by atoms with E-state index in [-0.39, 0.29) is 11.8 Å². The highest BCUT2D eigenvalue weighted by molar-refractivity contribution is 5.31. The lowest BCUT2D eigenvalue weighted by molar-refractivity contribution is -0.148. The molecule has 0 spiro atoms. The maximum absolute atomic E-state index is 11.7. The average Bonchev–Trinajstić information content (AvgIpc) is 2.76. The molecule has 3 aromatic rings. The second-order valence-corrected chi connectivity index (χ2v) is 8.37. The highest BCUT2D eigenvalue weighted by atomic mass is 16.5. The molecule has 6 nitrogen and oxygen atoms in total. The molecule has 1 aromatic carbocycles. The van der Waals surface area contributed by atoms with Crippen LogP contribution < -0.4 is 4.74 Å². The van der Waals surface area contributed by atoms with E-state index >= 15 is 0 Å². The summed E-state index contributed by atoms with van der Waals surface area (Å²) in [5.74, 6) is 1.19. The molecule has 5 rings (SSSR count). The van der Waals surface area contributed by atoms with Crippen molar-refractivity contribution in [3.05, 3.63) is 78.4 Å². The van der Waals surface area contributed by atoms with E-state index in [4.69, 9.17) is 4.74 Å². The van der Waals surface area contributed by atoms with Gasteiger partial charge >= 0.3 is 6.01 Å². The van der Waals surface area contributed by atoms with Crippen LogP contribution in [0.1, 0.15) is 30.4 Å². The number of fused-ring (bicyclic) bond motifs is 2. The zero-order valence-corrected chi connectivity index (χ0v) is 16.9. The molecule has 2 aliphatic rings. The minimum Gasteiger partial charge on any atom is -0.424 e. The van der Waals surface area contributed by atoms with E-state index in [2.05, 4.69) is 25.9 Å². The number of aromatic nitrogens is 3. The van der Waals surface area contributed by atoms with Crippen molar-refractivity contribution in [3.8, 4) is 11.8 Å². The van der Waals surface area contributed by atoms with Gasteiger partial charge in [-0.1, -0.05) is 24.6 Å². The van der Waals surface area contributed by atoms with Gasteiger partial charge in [0, 0.05) is 61.8 Å². The number of rotatable bonds is 5. The van der Waals surface area contributed by atoms with Crippen molar-refractivity contribution in [2.24, 2.45) is 11.8 Å². The highest BCUT2D eigenvalue weighted by Crippen LogP contribution is 2.49. The van der Waals surface area contributed by atoms with Crippen LogP contribution in [0.3, 0.4) is 0 Å². The molecule has 1 saturated carbocycles. The van der Waals surface area contributed by atoms with Crippen molar-refractivity contribution in [3.63, 3.8) is 0 Å². The monoisotopic (exact) mass is 402 g/mol. The molecule has 2 aromatic heterocycles. The number of likely N-dealkylation sites (tertiary alicyclic amines) is 1. The molecule has 0 unspecified atom stereocenters. The van der Waals surface area contributed by atoms with E-state index in [9.17, 15) is 5.11 Å². The largest absolute Gasteiger partial charge is 0.424 e. The third-order valence-corrected chi connectivity index (χ3v) is 6.49. The van der Waals surface area contributed by atoms with Crippen molar-refractivity contribution >= 4 is 0 Å². The van der Waals surface area contributed by atoms with E-state index in [1.807, 2.05) is 36.5 Å². The Morgan fingerprint density at radius 3 is 2.53 bits per heavy atom. The Bertz CT molecular complexity index is 969. The highest BCUT2D eigenvalue weighted by Gasteiger charge is 2.51. The van der Waals surface area contributed by atoms with Gasteiger partial charge < -0.3 is 9.84 Å². The lowest BCUT2D eigenvalue weighted by Gasteiger charge is -2.53. The Kier molecular flexibility index (Phi) is 5.19. The van der Waals surface area contributed by atoms with Gasteiger partial charge in [-0.05, 0) is 42.7 Å². The maximum Gasteiger partial charge on any atom is 0.321 e. The van der Waals surface area contributed by atoms with Gasteiger partial charge in [0.15, 0.2) is 0 Å². The number of hydrogen-bond donors (Lipinski definition) is 1. The molecule has 1 aliphatic carbocycles. The molecule has 3 heterocycles. The fourth-order valence-corrected chi connectivity index (χ4v) is 5.15. The van der Waals surface area contributed by atoms with Gasteiger partial charge in [0.2, 0.25) is 0 Å². The number of nitrogens with zero attached hydrogens (tertiary/aromatic N) is 4. The lowest BCUT2D eigenvalue weighted by atomic mass is 9.63. The number of piperidine rings is 1. The van der Waals surface area contributed by atoms with Crippen molar-refractivity contribution in [2.45, 2.75) is 31.4 Å². The van der Waals surface area contributed by atoms with Crippen molar-refractivity contribution < 1.29 is 9.84 Å². The second kappa shape index (κ2) is 8.13. The maximum atomic E-state index is 11.7. The summed E-state index contributed by atoms with van der Waals surface area (Å²) in [6, 6.07) is 14.2. The van der Waals surface area contributed by atoms with Crippen LogP contribution in [0.15, 0.2) is 67.3 Å². The molecule has 1 N–H and O–H groups in total. The standard InChI is InChI=1S/C24H26N4O2/c29-24(19-8-3-10-25-14-19)20-6-2-7-21(24)17-28(16-20)15-18-5-1-9-22(13-18)30-23-26-11-4-12-27-23/h1,3-5,8-14,20-21,29H,2,6-7,15-17H2/t20-,21-/m0/s1. The summed E-state index contributed by atoms with van der Waals surface area (Å²) in [7, 11) is 0. The molecule has 1 aliphatic heterocycles. The first-order valence-corrected chi connectivity index (χ1v) is 10.6. The second-order valence-electron chi connectivity index (χ2n) is 8.37. The minimum atomic E-state index is -0.765. The van der Waals surface area contributed by atoms with Crippen LogP contribution in [0, 0.1) is 11.8 Å². The third kappa shape index (κ3) is 3.68. The van der Waals surface area contributed by atoms with Crippen LogP contribution in [0.4, 0.5) is 0 Å². The molecule has 154 valence electrons. The van der Waals surface area contributed by atoms with Gasteiger partial charge in [0.1, 0.15) is 5.75 Å². The Morgan fingerprint density at radius 2 is 1.80 bits per heavy atom. The van der Waals surface area contributed by atoms with Gasteiger partial charge in [0.05, 0.1) is 5.60 Å². The van der Waals surface area contributed by atoms with Crippen molar-refractivity contribution in [2.75, 3.05) is 13.1 Å². The first kappa shape index (κ1) is 19.2. The van der Waals surface area contributed by atoms with Gasteiger partial charge in [-0.3, -0.25) is 9.88 Å². The first-order valence-electron chi connectivity index (χ1n) is 10.6. The summed E-state index contributed by atoms with van der Waals surface area (Å²) >= 11 is 0. The van der Waals surface area contributed by atoms with E-state index in [1.165, 1.54) is 12.0 Å². The zero-order valence-electron chi connectivity index (χ0n) is 16.9. The van der Waals surface area contributed by atoms with Crippen molar-refractivity contribution in [1.29, 1.82) is 0 Å². The number of hydrogen-bond acceptors (Lipinski definition) is 6. The van der Waals surface area contributed by atoms with Crippen LogP contribution in [-0.4, -0.2) is 38.0 Å². The summed E-state index contributed by atoms with van der Waals surface area (Å²) in [5.41, 5.74) is 1.39. The zero-order chi connectivity index (χ0) is 20.4. The molecule has 2 fully saturated rings. The molecular formula is C24H26N4O2. The van der Waals surface area contributed by atoms with Gasteiger partial charge in [-0.2, -0.15) is 0 Å². The fraction of sp³-hybridized carbons (Fsp3) is 0.375. The molecule has 0 amide bonds. The van der Waals surface area contributed by atoms with E-state index < -0.39 is 5.60 Å². The predicted octanol–water partition coefficient (Wildman–Crippen LogP) is 3.78. The molecule has 30 heavy (non-hydrogen) atoms. The normalized spacial score (nSPS) is 26.3. The molecule has 0 radical (unpaired) electrons. The van der Waals surface area contributed by atoms with Crippen LogP contribution in [0.25, 0.3) is 0 Å². The van der Waals surface area contributed by atoms with Gasteiger partial charge in [-0.15, -0.1) is 0 Å². The van der Waals surface area contributed by atoms with Gasteiger partial charge in [0.25, 0.3) is 0 Å². The van der Waals surface area contributed by atoms with Crippen LogP contribution in [0.2, 0.25) is 0 Å². The number of benzene rings is 1. The van der Waals surface area contributed by atoms with Crippen LogP contribution >= 0.6 is 0 Å². The van der Waals surface area contributed by atoms with E-state index in [0.29, 0.717) is 6.01 Å². The fourth-order valence-electron chi connectivity index (χ4n) is 5.15. The van der Waals surface area contributed by atoms with Crippen molar-refractivity contribution in [1.82, 2.24) is 19.9 Å². The third-order valence-electron chi connectivity index (χ3n) is 6.49. The molecule has 1 saturated heterocycles. The smallest absolute Gasteiger partial charge is 0.321 e. The minimum absolute atomic E-state index is 0.228. The Labute approximate surface area is 176 Å².